The van der Waals surface area contributed by atoms with Gasteiger partial charge in [0.15, 0.2) is 0 Å². The van der Waals surface area contributed by atoms with Crippen molar-refractivity contribution in [3.8, 4) is 0 Å². The average Bonchev–Trinajstić information content (AvgIpc) is 2.62. The number of hydrogen-bond acceptors (Lipinski definition) is 4. The second kappa shape index (κ2) is 6.32. The molecule has 0 saturated heterocycles. The minimum Gasteiger partial charge on any atom is -0.393 e. The van der Waals surface area contributed by atoms with Gasteiger partial charge in [0, 0.05) is 18.2 Å². The van der Waals surface area contributed by atoms with E-state index in [0.29, 0.717) is 0 Å². The second-order valence-electron chi connectivity index (χ2n) is 6.52. The molecular weight excluding hydrogens is 305 g/mol. The monoisotopic (exact) mass is 325 g/mol. The first-order chi connectivity index (χ1) is 11.7. The van der Waals surface area contributed by atoms with Gasteiger partial charge < -0.3 is 10.4 Å². The number of fused-ring (bicyclic) bond motifs is 1. The van der Waals surface area contributed by atoms with Gasteiger partial charge in [-0.15, -0.1) is 0 Å². The van der Waals surface area contributed by atoms with Crippen molar-refractivity contribution in [1.82, 2.24) is 10.3 Å². The second-order valence-corrected chi connectivity index (χ2v) is 6.52. The fraction of sp³-hybridized carbons (Fsp3) is 0.368. The van der Waals surface area contributed by atoms with Crippen molar-refractivity contribution < 1.29 is 9.50 Å². The maximum atomic E-state index is 13.3. The molecule has 1 fully saturated rings. The van der Waals surface area contributed by atoms with Crippen LogP contribution in [0.25, 0.3) is 0 Å². The van der Waals surface area contributed by atoms with Gasteiger partial charge in [-0.3, -0.25) is 9.98 Å². The zero-order valence-corrected chi connectivity index (χ0v) is 13.3. The van der Waals surface area contributed by atoms with Crippen LogP contribution >= 0.6 is 0 Å². The lowest BCUT2D eigenvalue weighted by Gasteiger charge is -2.43. The summed E-state index contributed by atoms with van der Waals surface area (Å²) in [6.07, 6.45) is 4.11. The van der Waals surface area contributed by atoms with Crippen LogP contribution in [0.2, 0.25) is 0 Å². The van der Waals surface area contributed by atoms with E-state index in [0.717, 1.165) is 36.4 Å². The number of aliphatic hydroxyl groups is 1. The molecule has 4 unspecified atom stereocenters. The SMILES string of the molecule is OC1CCCC2NC(c3ccccn3)=NC(c3ccc(F)cc3)C12. The number of benzene rings is 1. The minimum absolute atomic E-state index is 0.00308. The largest absolute Gasteiger partial charge is 0.393 e. The fourth-order valence-electron chi connectivity index (χ4n) is 3.84. The van der Waals surface area contributed by atoms with Gasteiger partial charge in [0.05, 0.1) is 12.1 Å². The van der Waals surface area contributed by atoms with Crippen molar-refractivity contribution in [1.29, 1.82) is 0 Å². The van der Waals surface area contributed by atoms with Crippen molar-refractivity contribution in [3.63, 3.8) is 0 Å². The molecule has 2 aliphatic rings. The van der Waals surface area contributed by atoms with Crippen molar-refractivity contribution in [3.05, 3.63) is 65.7 Å². The van der Waals surface area contributed by atoms with E-state index in [1.807, 2.05) is 18.2 Å². The fourth-order valence-corrected chi connectivity index (χ4v) is 3.84. The Morgan fingerprint density at radius 2 is 1.92 bits per heavy atom. The van der Waals surface area contributed by atoms with E-state index in [1.165, 1.54) is 12.1 Å². The number of aliphatic hydroxyl groups excluding tert-OH is 1. The molecule has 0 spiro atoms. The van der Waals surface area contributed by atoms with Crippen LogP contribution in [0, 0.1) is 11.7 Å². The van der Waals surface area contributed by atoms with E-state index < -0.39 is 6.10 Å². The average molecular weight is 325 g/mol. The number of nitrogens with zero attached hydrogens (tertiary/aromatic N) is 2. The molecular formula is C19H20FN3O. The van der Waals surface area contributed by atoms with Crippen LogP contribution in [-0.4, -0.2) is 28.1 Å². The molecule has 1 aliphatic carbocycles. The molecule has 1 aromatic carbocycles. The van der Waals surface area contributed by atoms with Crippen LogP contribution in [0.4, 0.5) is 4.39 Å². The van der Waals surface area contributed by atoms with Crippen molar-refractivity contribution >= 4 is 5.84 Å². The van der Waals surface area contributed by atoms with Crippen LogP contribution in [0.3, 0.4) is 0 Å². The third kappa shape index (κ3) is 2.80. The molecule has 2 N–H and O–H groups in total. The summed E-state index contributed by atoms with van der Waals surface area (Å²) in [4.78, 5) is 9.23. The predicted octanol–water partition coefficient (Wildman–Crippen LogP) is 2.84. The summed E-state index contributed by atoms with van der Waals surface area (Å²) in [5.41, 5.74) is 1.73. The summed E-state index contributed by atoms with van der Waals surface area (Å²) in [6.45, 7) is 0. The topological polar surface area (TPSA) is 57.5 Å². The quantitative estimate of drug-likeness (QED) is 0.893. The highest BCUT2D eigenvalue weighted by Crippen LogP contribution is 2.40. The first-order valence-corrected chi connectivity index (χ1v) is 8.41. The van der Waals surface area contributed by atoms with Gasteiger partial charge in [0.25, 0.3) is 0 Å². The number of pyridine rings is 1. The van der Waals surface area contributed by atoms with Crippen molar-refractivity contribution in [2.75, 3.05) is 0 Å². The Labute approximate surface area is 140 Å². The lowest BCUT2D eigenvalue weighted by Crippen LogP contribution is -2.53. The summed E-state index contributed by atoms with van der Waals surface area (Å²) in [5, 5.41) is 14.0. The Hall–Kier alpha value is -2.27. The normalized spacial score (nSPS) is 29.3. The van der Waals surface area contributed by atoms with E-state index >= 15 is 0 Å². The summed E-state index contributed by atoms with van der Waals surface area (Å²) < 4.78 is 13.3. The first-order valence-electron chi connectivity index (χ1n) is 8.41. The van der Waals surface area contributed by atoms with Gasteiger partial charge in [-0.05, 0) is 49.1 Å². The third-order valence-corrected chi connectivity index (χ3v) is 5.00. The number of aromatic nitrogens is 1. The molecule has 1 saturated carbocycles. The summed E-state index contributed by atoms with van der Waals surface area (Å²) in [7, 11) is 0. The van der Waals surface area contributed by atoms with E-state index in [2.05, 4.69) is 10.3 Å². The number of amidine groups is 1. The lowest BCUT2D eigenvalue weighted by molar-refractivity contribution is 0.0343. The Morgan fingerprint density at radius 1 is 1.08 bits per heavy atom. The lowest BCUT2D eigenvalue weighted by atomic mass is 9.74. The van der Waals surface area contributed by atoms with Gasteiger partial charge in [0.2, 0.25) is 0 Å². The number of halogens is 1. The molecule has 2 aromatic rings. The van der Waals surface area contributed by atoms with Gasteiger partial charge in [0.1, 0.15) is 17.3 Å². The van der Waals surface area contributed by atoms with E-state index in [-0.39, 0.29) is 23.8 Å². The maximum absolute atomic E-state index is 13.3. The Balaban J connectivity index is 1.77. The highest BCUT2D eigenvalue weighted by Gasteiger charge is 2.42. The van der Waals surface area contributed by atoms with Gasteiger partial charge in [-0.1, -0.05) is 18.2 Å². The van der Waals surface area contributed by atoms with E-state index in [9.17, 15) is 9.50 Å². The molecule has 0 amide bonds. The highest BCUT2D eigenvalue weighted by atomic mass is 19.1. The number of hydrogen-bond donors (Lipinski definition) is 2. The Morgan fingerprint density at radius 3 is 2.67 bits per heavy atom. The standard InChI is InChI=1S/C19H20FN3O/c20-13-9-7-12(8-10-13)18-17-14(5-3-6-16(17)24)22-19(23-18)15-4-1-2-11-21-15/h1-2,4,7-11,14,16-18,24H,3,5-6H2,(H,22,23). The van der Waals surface area contributed by atoms with Crippen LogP contribution in [0.15, 0.2) is 53.7 Å². The zero-order valence-electron chi connectivity index (χ0n) is 13.3. The number of aliphatic imine (C=N–C) groups is 1. The van der Waals surface area contributed by atoms with Crippen LogP contribution < -0.4 is 5.32 Å². The van der Waals surface area contributed by atoms with Crippen LogP contribution in [-0.2, 0) is 0 Å². The van der Waals surface area contributed by atoms with Gasteiger partial charge in [-0.2, -0.15) is 0 Å². The molecule has 5 heteroatoms. The molecule has 24 heavy (non-hydrogen) atoms. The summed E-state index contributed by atoms with van der Waals surface area (Å²) in [6, 6.07) is 12.1. The smallest absolute Gasteiger partial charge is 0.148 e. The number of nitrogens with one attached hydrogen (secondary N) is 1. The Bertz CT molecular complexity index is 732. The molecule has 4 nitrogen and oxygen atoms in total. The maximum Gasteiger partial charge on any atom is 0.148 e. The molecule has 4 atom stereocenters. The number of rotatable bonds is 2. The van der Waals surface area contributed by atoms with Crippen molar-refractivity contribution in [2.24, 2.45) is 10.9 Å². The summed E-state index contributed by atoms with van der Waals surface area (Å²) >= 11 is 0. The molecule has 0 bridgehead atoms. The molecule has 4 rings (SSSR count). The Kier molecular flexibility index (Phi) is 4.02. The first kappa shape index (κ1) is 15.3. The molecule has 1 aromatic heterocycles. The van der Waals surface area contributed by atoms with Gasteiger partial charge >= 0.3 is 0 Å². The molecule has 124 valence electrons. The van der Waals surface area contributed by atoms with Crippen LogP contribution in [0.1, 0.15) is 36.6 Å². The molecule has 2 heterocycles. The zero-order chi connectivity index (χ0) is 16.5. The third-order valence-electron chi connectivity index (χ3n) is 5.00. The van der Waals surface area contributed by atoms with E-state index in [4.69, 9.17) is 4.99 Å². The summed E-state index contributed by atoms with van der Waals surface area (Å²) in [5.74, 6) is 0.485. The minimum atomic E-state index is -0.402. The predicted molar refractivity (Wildman–Crippen MR) is 90.2 cm³/mol. The molecule has 0 radical (unpaired) electrons. The molecule has 1 aliphatic heterocycles. The van der Waals surface area contributed by atoms with Crippen molar-refractivity contribution in [2.45, 2.75) is 37.5 Å². The highest BCUT2D eigenvalue weighted by molar-refractivity contribution is 5.97. The van der Waals surface area contributed by atoms with Gasteiger partial charge in [-0.25, -0.2) is 4.39 Å². The van der Waals surface area contributed by atoms with E-state index in [1.54, 1.807) is 18.3 Å². The van der Waals surface area contributed by atoms with Crippen LogP contribution in [0.5, 0.6) is 0 Å².